The van der Waals surface area contributed by atoms with Crippen molar-refractivity contribution in [3.05, 3.63) is 54.0 Å². The van der Waals surface area contributed by atoms with Gasteiger partial charge in [0.25, 0.3) is 0 Å². The number of hydrogen-bond donors (Lipinski definition) is 1. The van der Waals surface area contributed by atoms with Crippen molar-refractivity contribution in [3.63, 3.8) is 0 Å². The highest BCUT2D eigenvalue weighted by molar-refractivity contribution is 5.36. The Morgan fingerprint density at radius 2 is 2.00 bits per heavy atom. The summed E-state index contributed by atoms with van der Waals surface area (Å²) in [6.07, 6.45) is 5.53. The van der Waals surface area contributed by atoms with Gasteiger partial charge in [-0.2, -0.15) is 0 Å². The van der Waals surface area contributed by atoms with Gasteiger partial charge in [0.05, 0.1) is 0 Å². The second-order valence-electron chi connectivity index (χ2n) is 4.33. The lowest BCUT2D eigenvalue weighted by atomic mass is 10.2. The van der Waals surface area contributed by atoms with Crippen LogP contribution >= 0.6 is 0 Å². The molecule has 4 nitrogen and oxygen atoms in total. The van der Waals surface area contributed by atoms with Crippen molar-refractivity contribution in [3.8, 4) is 0 Å². The van der Waals surface area contributed by atoms with Crippen LogP contribution in [0.2, 0.25) is 0 Å². The smallest absolute Gasteiger partial charge is 0.125 e. The van der Waals surface area contributed by atoms with E-state index in [1.807, 2.05) is 31.6 Å². The van der Waals surface area contributed by atoms with Gasteiger partial charge >= 0.3 is 0 Å². The molecule has 0 unspecified atom stereocenters. The predicted octanol–water partition coefficient (Wildman–Crippen LogP) is 2.15. The van der Waals surface area contributed by atoms with Crippen LogP contribution in [-0.2, 0) is 13.1 Å². The number of aromatic nitrogens is 2. The average molecular weight is 242 g/mol. The summed E-state index contributed by atoms with van der Waals surface area (Å²) in [6, 6.07) is 8.17. The number of pyridine rings is 2. The molecule has 0 saturated heterocycles. The highest BCUT2D eigenvalue weighted by Gasteiger charge is 2.02. The van der Waals surface area contributed by atoms with Crippen molar-refractivity contribution in [2.45, 2.75) is 13.1 Å². The van der Waals surface area contributed by atoms with Gasteiger partial charge in [-0.25, -0.2) is 4.98 Å². The van der Waals surface area contributed by atoms with Crippen LogP contribution in [0.15, 0.2) is 42.9 Å². The summed E-state index contributed by atoms with van der Waals surface area (Å²) in [5.74, 6) is 0.905. The van der Waals surface area contributed by atoms with Gasteiger partial charge < -0.3 is 5.32 Å². The van der Waals surface area contributed by atoms with E-state index < -0.39 is 0 Å². The van der Waals surface area contributed by atoms with Gasteiger partial charge in [-0.3, -0.25) is 9.88 Å². The maximum atomic E-state index is 4.21. The van der Waals surface area contributed by atoms with E-state index in [0.29, 0.717) is 0 Å². The second kappa shape index (κ2) is 6.12. The van der Waals surface area contributed by atoms with E-state index in [1.54, 1.807) is 6.20 Å². The molecule has 0 amide bonds. The van der Waals surface area contributed by atoms with Crippen molar-refractivity contribution in [1.82, 2.24) is 14.9 Å². The summed E-state index contributed by atoms with van der Waals surface area (Å²) in [6.45, 7) is 1.79. The Kier molecular flexibility index (Phi) is 4.25. The van der Waals surface area contributed by atoms with Gasteiger partial charge in [0.1, 0.15) is 5.82 Å². The zero-order valence-electron chi connectivity index (χ0n) is 10.8. The quantitative estimate of drug-likeness (QED) is 0.872. The number of nitrogens with zero attached hydrogens (tertiary/aromatic N) is 3. The minimum atomic E-state index is 0.894. The number of hydrogen-bond acceptors (Lipinski definition) is 4. The molecule has 0 atom stereocenters. The van der Waals surface area contributed by atoms with Crippen LogP contribution in [-0.4, -0.2) is 29.0 Å². The highest BCUT2D eigenvalue weighted by Crippen LogP contribution is 2.10. The van der Waals surface area contributed by atoms with E-state index in [-0.39, 0.29) is 0 Å². The minimum Gasteiger partial charge on any atom is -0.373 e. The van der Waals surface area contributed by atoms with Crippen molar-refractivity contribution >= 4 is 5.82 Å². The first-order valence-corrected chi connectivity index (χ1v) is 5.98. The van der Waals surface area contributed by atoms with Gasteiger partial charge in [0.2, 0.25) is 0 Å². The molecule has 18 heavy (non-hydrogen) atoms. The normalized spacial score (nSPS) is 10.6. The van der Waals surface area contributed by atoms with Crippen LogP contribution in [0.25, 0.3) is 0 Å². The largest absolute Gasteiger partial charge is 0.373 e. The number of nitrogens with one attached hydrogen (secondary N) is 1. The first kappa shape index (κ1) is 12.5. The molecule has 0 aliphatic carbocycles. The molecule has 4 heteroatoms. The van der Waals surface area contributed by atoms with Crippen LogP contribution in [0.1, 0.15) is 11.1 Å². The second-order valence-corrected chi connectivity index (χ2v) is 4.33. The summed E-state index contributed by atoms with van der Waals surface area (Å²) < 4.78 is 0. The van der Waals surface area contributed by atoms with Crippen molar-refractivity contribution in [2.24, 2.45) is 0 Å². The molecular weight excluding hydrogens is 224 g/mol. The lowest BCUT2D eigenvalue weighted by Gasteiger charge is -2.16. The van der Waals surface area contributed by atoms with E-state index in [4.69, 9.17) is 0 Å². The van der Waals surface area contributed by atoms with Crippen LogP contribution in [0.3, 0.4) is 0 Å². The number of anilines is 1. The van der Waals surface area contributed by atoms with E-state index >= 15 is 0 Å². The van der Waals surface area contributed by atoms with Crippen LogP contribution in [0, 0.1) is 0 Å². The molecular formula is C14H18N4. The summed E-state index contributed by atoms with van der Waals surface area (Å²) in [5.41, 5.74) is 2.48. The zero-order chi connectivity index (χ0) is 12.8. The van der Waals surface area contributed by atoms with E-state index in [0.717, 1.165) is 18.9 Å². The molecule has 2 aromatic rings. The minimum absolute atomic E-state index is 0.894. The third-order valence-corrected chi connectivity index (χ3v) is 2.71. The molecule has 2 rings (SSSR count). The fraction of sp³-hybridized carbons (Fsp3) is 0.286. The molecule has 0 fully saturated rings. The summed E-state index contributed by atoms with van der Waals surface area (Å²) in [7, 11) is 3.98. The van der Waals surface area contributed by atoms with Gasteiger partial charge in [-0.1, -0.05) is 6.07 Å². The molecule has 0 spiro atoms. The fourth-order valence-electron chi connectivity index (χ4n) is 1.88. The number of rotatable bonds is 5. The molecule has 0 bridgehead atoms. The standard InChI is InChI=1S/C14H18N4/c1-15-14-8-12(5-7-17-14)10-18(2)11-13-4-3-6-16-9-13/h3-9H,10-11H2,1-2H3,(H,15,17). The predicted molar refractivity (Wildman–Crippen MR) is 73.2 cm³/mol. The van der Waals surface area contributed by atoms with Gasteiger partial charge in [0.15, 0.2) is 0 Å². The Hall–Kier alpha value is -1.94. The molecule has 0 aliphatic heterocycles. The molecule has 2 heterocycles. The van der Waals surface area contributed by atoms with Crippen molar-refractivity contribution < 1.29 is 0 Å². The topological polar surface area (TPSA) is 41.0 Å². The van der Waals surface area contributed by atoms with Crippen LogP contribution in [0.5, 0.6) is 0 Å². The third kappa shape index (κ3) is 3.53. The van der Waals surface area contributed by atoms with Crippen LogP contribution in [0.4, 0.5) is 5.82 Å². The molecule has 0 aliphatic rings. The van der Waals surface area contributed by atoms with E-state index in [2.05, 4.69) is 39.4 Å². The molecule has 2 aromatic heterocycles. The van der Waals surface area contributed by atoms with Crippen molar-refractivity contribution in [1.29, 1.82) is 0 Å². The highest BCUT2D eigenvalue weighted by atomic mass is 15.1. The lowest BCUT2D eigenvalue weighted by Crippen LogP contribution is -2.17. The summed E-state index contributed by atoms with van der Waals surface area (Å²) in [4.78, 5) is 10.6. The summed E-state index contributed by atoms with van der Waals surface area (Å²) >= 11 is 0. The van der Waals surface area contributed by atoms with Gasteiger partial charge in [-0.15, -0.1) is 0 Å². The first-order valence-electron chi connectivity index (χ1n) is 5.98. The Balaban J connectivity index is 1.96. The Morgan fingerprint density at radius 1 is 1.17 bits per heavy atom. The van der Waals surface area contributed by atoms with Gasteiger partial charge in [0, 0.05) is 38.7 Å². The van der Waals surface area contributed by atoms with E-state index in [1.165, 1.54) is 11.1 Å². The van der Waals surface area contributed by atoms with Crippen molar-refractivity contribution in [2.75, 3.05) is 19.4 Å². The Morgan fingerprint density at radius 3 is 2.72 bits per heavy atom. The van der Waals surface area contributed by atoms with Crippen LogP contribution < -0.4 is 5.32 Å². The SMILES string of the molecule is CNc1cc(CN(C)Cc2cccnc2)ccn1. The van der Waals surface area contributed by atoms with E-state index in [9.17, 15) is 0 Å². The maximum Gasteiger partial charge on any atom is 0.125 e. The molecule has 0 saturated carbocycles. The third-order valence-electron chi connectivity index (χ3n) is 2.71. The lowest BCUT2D eigenvalue weighted by molar-refractivity contribution is 0.318. The molecule has 94 valence electrons. The Labute approximate surface area is 108 Å². The summed E-state index contributed by atoms with van der Waals surface area (Å²) in [5, 5.41) is 3.05. The molecule has 0 aromatic carbocycles. The van der Waals surface area contributed by atoms with Gasteiger partial charge in [-0.05, 0) is 36.4 Å². The maximum absolute atomic E-state index is 4.21. The Bertz CT molecular complexity index is 484. The first-order chi connectivity index (χ1) is 8.78. The fourth-order valence-corrected chi connectivity index (χ4v) is 1.88. The zero-order valence-corrected chi connectivity index (χ0v) is 10.8. The molecule has 0 radical (unpaired) electrons. The monoisotopic (exact) mass is 242 g/mol. The molecule has 1 N–H and O–H groups in total. The average Bonchev–Trinajstić information content (AvgIpc) is 2.40.